The summed E-state index contributed by atoms with van der Waals surface area (Å²) in [6.07, 6.45) is 2.03. The normalized spacial score (nSPS) is 21.9. The summed E-state index contributed by atoms with van der Waals surface area (Å²) in [5, 5.41) is 2.93. The smallest absolute Gasteiger partial charge is 0.256 e. The molecule has 1 heterocycles. The summed E-state index contributed by atoms with van der Waals surface area (Å²) in [6.45, 7) is 1.07. The van der Waals surface area contributed by atoms with Crippen molar-refractivity contribution in [2.45, 2.75) is 24.9 Å². The molecular weight excluding hydrogens is 270 g/mol. The van der Waals surface area contributed by atoms with Gasteiger partial charge in [-0.2, -0.15) is 0 Å². The van der Waals surface area contributed by atoms with E-state index in [1.54, 1.807) is 29.2 Å². The molecule has 0 aromatic heterocycles. The standard InChI is InChI=1S/C15H19N3O3/c16-12-4-2-1-3-11(12)15(20)18-7-8-21-9-13(18)14(19)17-10-5-6-10/h1-4,10,13H,5-9,16H2,(H,17,19). The molecule has 1 saturated heterocycles. The molecule has 0 spiro atoms. The Morgan fingerprint density at radius 1 is 1.29 bits per heavy atom. The van der Waals surface area contributed by atoms with Crippen molar-refractivity contribution in [2.24, 2.45) is 0 Å². The number of benzene rings is 1. The average molecular weight is 289 g/mol. The van der Waals surface area contributed by atoms with Gasteiger partial charge in [0, 0.05) is 18.3 Å². The van der Waals surface area contributed by atoms with Crippen LogP contribution in [0.2, 0.25) is 0 Å². The van der Waals surface area contributed by atoms with E-state index in [1.807, 2.05) is 0 Å². The van der Waals surface area contributed by atoms with Gasteiger partial charge in [-0.1, -0.05) is 12.1 Å². The first-order chi connectivity index (χ1) is 10.2. The minimum absolute atomic E-state index is 0.139. The maximum absolute atomic E-state index is 12.6. The molecular formula is C15H19N3O3. The Hall–Kier alpha value is -2.08. The van der Waals surface area contributed by atoms with Gasteiger partial charge in [-0.15, -0.1) is 0 Å². The van der Waals surface area contributed by atoms with Gasteiger partial charge in [0.15, 0.2) is 0 Å². The van der Waals surface area contributed by atoms with Crippen molar-refractivity contribution in [3.05, 3.63) is 29.8 Å². The summed E-state index contributed by atoms with van der Waals surface area (Å²) in [5.41, 5.74) is 6.72. The summed E-state index contributed by atoms with van der Waals surface area (Å²) in [5.74, 6) is -0.354. The highest BCUT2D eigenvalue weighted by Crippen LogP contribution is 2.21. The molecule has 6 heteroatoms. The Bertz CT molecular complexity index is 557. The second-order valence-electron chi connectivity index (χ2n) is 5.46. The molecule has 1 aliphatic heterocycles. The molecule has 1 atom stereocenters. The van der Waals surface area contributed by atoms with E-state index in [4.69, 9.17) is 10.5 Å². The average Bonchev–Trinajstić information content (AvgIpc) is 3.31. The number of nitrogen functional groups attached to an aromatic ring is 1. The van der Waals surface area contributed by atoms with Crippen LogP contribution in [0.1, 0.15) is 23.2 Å². The molecule has 6 nitrogen and oxygen atoms in total. The third-order valence-electron chi connectivity index (χ3n) is 3.81. The van der Waals surface area contributed by atoms with Crippen LogP contribution >= 0.6 is 0 Å². The number of morpholine rings is 1. The van der Waals surface area contributed by atoms with Crippen LogP contribution in [0, 0.1) is 0 Å². The SMILES string of the molecule is Nc1ccccc1C(=O)N1CCOCC1C(=O)NC1CC1. The minimum Gasteiger partial charge on any atom is -0.398 e. The van der Waals surface area contributed by atoms with Gasteiger partial charge >= 0.3 is 0 Å². The molecule has 21 heavy (non-hydrogen) atoms. The van der Waals surface area contributed by atoms with Crippen molar-refractivity contribution in [1.82, 2.24) is 10.2 Å². The zero-order valence-corrected chi connectivity index (χ0v) is 11.7. The first-order valence-electron chi connectivity index (χ1n) is 7.20. The molecule has 2 aliphatic rings. The number of ether oxygens (including phenoxy) is 1. The van der Waals surface area contributed by atoms with Crippen molar-refractivity contribution < 1.29 is 14.3 Å². The van der Waals surface area contributed by atoms with E-state index < -0.39 is 6.04 Å². The highest BCUT2D eigenvalue weighted by molar-refractivity contribution is 6.01. The Balaban J connectivity index is 1.78. The van der Waals surface area contributed by atoms with E-state index in [2.05, 4.69) is 5.32 Å². The molecule has 1 saturated carbocycles. The Kier molecular flexibility index (Phi) is 3.79. The van der Waals surface area contributed by atoms with Crippen LogP contribution in [-0.2, 0) is 9.53 Å². The fraction of sp³-hybridized carbons (Fsp3) is 0.467. The number of carbonyl (C=O) groups is 2. The number of nitrogens with zero attached hydrogens (tertiary/aromatic N) is 1. The first-order valence-corrected chi connectivity index (χ1v) is 7.20. The second-order valence-corrected chi connectivity index (χ2v) is 5.46. The van der Waals surface area contributed by atoms with Gasteiger partial charge in [0.05, 0.1) is 18.8 Å². The maximum Gasteiger partial charge on any atom is 0.256 e. The summed E-state index contributed by atoms with van der Waals surface area (Å²) in [6, 6.07) is 6.60. The van der Waals surface area contributed by atoms with Crippen LogP contribution < -0.4 is 11.1 Å². The number of rotatable bonds is 3. The van der Waals surface area contributed by atoms with Crippen molar-refractivity contribution in [3.8, 4) is 0 Å². The van der Waals surface area contributed by atoms with Gasteiger partial charge in [-0.3, -0.25) is 9.59 Å². The highest BCUT2D eigenvalue weighted by Gasteiger charge is 2.36. The monoisotopic (exact) mass is 289 g/mol. The summed E-state index contributed by atoms with van der Waals surface area (Å²) >= 11 is 0. The fourth-order valence-electron chi connectivity index (χ4n) is 2.44. The van der Waals surface area contributed by atoms with E-state index in [0.29, 0.717) is 24.4 Å². The molecule has 0 radical (unpaired) electrons. The number of nitrogens with two attached hydrogens (primary N) is 1. The van der Waals surface area contributed by atoms with Gasteiger partial charge in [0.2, 0.25) is 5.91 Å². The van der Waals surface area contributed by atoms with Gasteiger partial charge in [-0.05, 0) is 25.0 Å². The number of anilines is 1. The molecule has 3 N–H and O–H groups in total. The highest BCUT2D eigenvalue weighted by atomic mass is 16.5. The van der Waals surface area contributed by atoms with Crippen molar-refractivity contribution in [1.29, 1.82) is 0 Å². The van der Waals surface area contributed by atoms with Crippen LogP contribution in [0.4, 0.5) is 5.69 Å². The van der Waals surface area contributed by atoms with Gasteiger partial charge in [0.25, 0.3) is 5.91 Å². The predicted octanol–water partition coefficient (Wildman–Crippen LogP) is 0.388. The summed E-state index contributed by atoms with van der Waals surface area (Å²) < 4.78 is 5.37. The fourth-order valence-corrected chi connectivity index (χ4v) is 2.44. The minimum atomic E-state index is -0.577. The van der Waals surface area contributed by atoms with Gasteiger partial charge in [-0.25, -0.2) is 0 Å². The number of hydrogen-bond donors (Lipinski definition) is 2. The lowest BCUT2D eigenvalue weighted by Crippen LogP contribution is -2.56. The zero-order chi connectivity index (χ0) is 14.8. The molecule has 3 rings (SSSR count). The van der Waals surface area contributed by atoms with E-state index in [1.165, 1.54) is 0 Å². The van der Waals surface area contributed by atoms with Crippen LogP contribution in [0.15, 0.2) is 24.3 Å². The first kappa shape index (κ1) is 13.9. The third kappa shape index (κ3) is 3.00. The van der Waals surface area contributed by atoms with E-state index in [0.717, 1.165) is 12.8 Å². The molecule has 2 amide bonds. The number of carbonyl (C=O) groups excluding carboxylic acids is 2. The van der Waals surface area contributed by atoms with E-state index in [-0.39, 0.29) is 24.5 Å². The van der Waals surface area contributed by atoms with Crippen molar-refractivity contribution in [2.75, 3.05) is 25.5 Å². The number of hydrogen-bond acceptors (Lipinski definition) is 4. The molecule has 112 valence electrons. The topological polar surface area (TPSA) is 84.7 Å². The van der Waals surface area contributed by atoms with Crippen LogP contribution in [0.5, 0.6) is 0 Å². The number of nitrogens with one attached hydrogen (secondary N) is 1. The maximum atomic E-state index is 12.6. The molecule has 2 fully saturated rings. The number of amides is 2. The molecule has 1 unspecified atom stereocenters. The Morgan fingerprint density at radius 2 is 2.05 bits per heavy atom. The third-order valence-corrected chi connectivity index (χ3v) is 3.81. The van der Waals surface area contributed by atoms with Crippen LogP contribution in [0.25, 0.3) is 0 Å². The zero-order valence-electron chi connectivity index (χ0n) is 11.7. The van der Waals surface area contributed by atoms with Gasteiger partial charge < -0.3 is 20.7 Å². The van der Waals surface area contributed by atoms with Crippen molar-refractivity contribution >= 4 is 17.5 Å². The summed E-state index contributed by atoms with van der Waals surface area (Å²) in [4.78, 5) is 26.5. The predicted molar refractivity (Wildman–Crippen MR) is 77.7 cm³/mol. The quantitative estimate of drug-likeness (QED) is 0.788. The van der Waals surface area contributed by atoms with E-state index >= 15 is 0 Å². The van der Waals surface area contributed by atoms with Crippen LogP contribution in [-0.4, -0.2) is 48.6 Å². The van der Waals surface area contributed by atoms with Crippen molar-refractivity contribution in [3.63, 3.8) is 0 Å². The van der Waals surface area contributed by atoms with Crippen LogP contribution in [0.3, 0.4) is 0 Å². The Labute approximate surface area is 123 Å². The molecule has 1 aromatic rings. The second kappa shape index (κ2) is 5.73. The number of para-hydroxylation sites is 1. The lowest BCUT2D eigenvalue weighted by Gasteiger charge is -2.34. The molecule has 1 aromatic carbocycles. The van der Waals surface area contributed by atoms with Gasteiger partial charge in [0.1, 0.15) is 6.04 Å². The lowest BCUT2D eigenvalue weighted by atomic mass is 10.1. The lowest BCUT2D eigenvalue weighted by molar-refractivity contribution is -0.130. The summed E-state index contributed by atoms with van der Waals surface area (Å²) in [7, 11) is 0. The molecule has 1 aliphatic carbocycles. The van der Waals surface area contributed by atoms with E-state index in [9.17, 15) is 9.59 Å². The Morgan fingerprint density at radius 3 is 2.76 bits per heavy atom. The largest absolute Gasteiger partial charge is 0.398 e. The molecule has 0 bridgehead atoms.